The number of amides is 6. The average Bonchev–Trinajstić information content (AvgIpc) is 3.62. The van der Waals surface area contributed by atoms with E-state index < -0.39 is 102 Å². The van der Waals surface area contributed by atoms with Gasteiger partial charge in [-0.05, 0) is 36.5 Å². The largest absolute Gasteiger partial charge is 0.480 e. The number of carboxylic acids is 1. The molecule has 17 heteroatoms. The lowest BCUT2D eigenvalue weighted by atomic mass is 9.98. The topological polar surface area (TPSA) is 261 Å². The number of H-pyrrole nitrogens is 1. The van der Waals surface area contributed by atoms with Crippen LogP contribution in [0.1, 0.15) is 113 Å². The third-order valence-corrected chi connectivity index (χ3v) is 9.02. The molecule has 312 valence electrons. The van der Waals surface area contributed by atoms with E-state index in [1.54, 1.807) is 41.5 Å². The highest BCUT2D eigenvalue weighted by atomic mass is 16.4. The number of nitrogens with one attached hydrogen (secondary N) is 7. The van der Waals surface area contributed by atoms with Crippen LogP contribution in [0.4, 0.5) is 0 Å². The minimum absolute atomic E-state index is 0.0573. The van der Waals surface area contributed by atoms with E-state index in [-0.39, 0.29) is 25.2 Å². The number of hydrogen-bond acceptors (Lipinski definition) is 9. The number of aliphatic hydroxyl groups is 1. The van der Waals surface area contributed by atoms with E-state index in [1.165, 1.54) is 12.5 Å². The maximum atomic E-state index is 13.9. The molecule has 1 aromatic heterocycles. The van der Waals surface area contributed by atoms with Crippen molar-refractivity contribution >= 4 is 41.4 Å². The Balaban J connectivity index is 3.20. The van der Waals surface area contributed by atoms with Crippen molar-refractivity contribution in [1.29, 1.82) is 0 Å². The summed E-state index contributed by atoms with van der Waals surface area (Å²) in [5.41, 5.74) is 0.487. The van der Waals surface area contributed by atoms with Gasteiger partial charge in [0, 0.05) is 24.7 Å². The fourth-order valence-corrected chi connectivity index (χ4v) is 5.75. The van der Waals surface area contributed by atoms with E-state index >= 15 is 0 Å². The van der Waals surface area contributed by atoms with E-state index in [0.717, 1.165) is 25.7 Å². The SMILES string of the molecule is CCCCCCCC(=O)NC(CO)C(=O)NC(C(=O)NC(Cc1cnc[nH]1)C(=O)NC(C(=O)NC(CC(C)C)C(=O)NC(C(=O)O)C(C)C)C(C)C)C(C)C. The molecule has 1 aromatic rings. The zero-order valence-corrected chi connectivity index (χ0v) is 34.0. The number of unbranched alkanes of at least 4 members (excludes halogenated alkanes) is 4. The molecule has 6 amide bonds. The van der Waals surface area contributed by atoms with Gasteiger partial charge < -0.3 is 47.1 Å². The maximum absolute atomic E-state index is 13.9. The molecule has 0 bridgehead atoms. The number of aromatic amines is 1. The standard InChI is InChI=1S/C38H66N8O9/c1-10-11-12-13-14-15-29(48)41-28(19-47)35(51)45-31(23(6)7)37(53)43-27(17-25-18-39-20-40-25)34(50)44-30(22(4)5)36(52)42-26(16-21(2)3)33(49)46-32(24(8)9)38(54)55/h18,20-24,26-28,30-32,47H,10-17,19H2,1-9H3,(H,39,40)(H,41,48)(H,42,52)(H,43,53)(H,44,50)(H,45,51)(H,46,49)(H,54,55). The summed E-state index contributed by atoms with van der Waals surface area (Å²) >= 11 is 0. The second-order valence-corrected chi connectivity index (χ2v) is 15.5. The smallest absolute Gasteiger partial charge is 0.326 e. The number of carboxylic acid groups (broad SMARTS) is 1. The van der Waals surface area contributed by atoms with Crippen molar-refractivity contribution in [2.24, 2.45) is 23.7 Å². The number of carbonyl (C=O) groups is 7. The summed E-state index contributed by atoms with van der Waals surface area (Å²) in [5.74, 6) is -6.64. The average molecular weight is 779 g/mol. The Hall–Kier alpha value is -4.54. The van der Waals surface area contributed by atoms with Gasteiger partial charge in [0.1, 0.15) is 36.3 Å². The lowest BCUT2D eigenvalue weighted by molar-refractivity contribution is -0.143. The summed E-state index contributed by atoms with van der Waals surface area (Å²) in [6, 6.07) is -7.18. The van der Waals surface area contributed by atoms with Crippen LogP contribution in [0.2, 0.25) is 0 Å². The van der Waals surface area contributed by atoms with Crippen molar-refractivity contribution in [3.05, 3.63) is 18.2 Å². The van der Waals surface area contributed by atoms with Crippen molar-refractivity contribution in [2.75, 3.05) is 6.61 Å². The fourth-order valence-electron chi connectivity index (χ4n) is 5.75. The van der Waals surface area contributed by atoms with Crippen LogP contribution >= 0.6 is 0 Å². The molecule has 0 aromatic carbocycles. The maximum Gasteiger partial charge on any atom is 0.326 e. The molecule has 6 atom stereocenters. The third-order valence-electron chi connectivity index (χ3n) is 9.02. The van der Waals surface area contributed by atoms with Crippen LogP contribution in [0.3, 0.4) is 0 Å². The van der Waals surface area contributed by atoms with Crippen molar-refractivity contribution in [3.63, 3.8) is 0 Å². The number of carbonyl (C=O) groups excluding carboxylic acids is 6. The van der Waals surface area contributed by atoms with Gasteiger partial charge in [0.15, 0.2) is 0 Å². The molecular weight excluding hydrogens is 712 g/mol. The van der Waals surface area contributed by atoms with Gasteiger partial charge in [0.05, 0.1) is 12.9 Å². The molecule has 55 heavy (non-hydrogen) atoms. The van der Waals surface area contributed by atoms with E-state index in [0.29, 0.717) is 12.1 Å². The van der Waals surface area contributed by atoms with Gasteiger partial charge in [-0.2, -0.15) is 0 Å². The molecule has 0 fully saturated rings. The van der Waals surface area contributed by atoms with Crippen molar-refractivity contribution < 1.29 is 43.8 Å². The molecule has 17 nitrogen and oxygen atoms in total. The Bertz CT molecular complexity index is 1380. The van der Waals surface area contributed by atoms with Crippen LogP contribution in [-0.4, -0.2) is 104 Å². The summed E-state index contributed by atoms with van der Waals surface area (Å²) < 4.78 is 0. The molecule has 0 spiro atoms. The van der Waals surface area contributed by atoms with E-state index in [4.69, 9.17) is 0 Å². The van der Waals surface area contributed by atoms with Crippen LogP contribution in [-0.2, 0) is 40.0 Å². The Labute approximate surface area is 325 Å². The van der Waals surface area contributed by atoms with Crippen LogP contribution in [0.15, 0.2) is 12.5 Å². The number of imidazole rings is 1. The molecule has 0 saturated carbocycles. The van der Waals surface area contributed by atoms with Crippen molar-refractivity contribution in [3.8, 4) is 0 Å². The molecule has 0 aliphatic heterocycles. The number of aliphatic hydroxyl groups excluding tert-OH is 1. The predicted molar refractivity (Wildman–Crippen MR) is 206 cm³/mol. The number of rotatable bonds is 26. The highest BCUT2D eigenvalue weighted by Gasteiger charge is 2.35. The molecule has 6 unspecified atom stereocenters. The number of hydrogen-bond donors (Lipinski definition) is 9. The number of aliphatic carboxylic acids is 1. The molecule has 0 aliphatic rings. The van der Waals surface area contributed by atoms with E-state index in [9.17, 15) is 43.8 Å². The van der Waals surface area contributed by atoms with Gasteiger partial charge in [-0.1, -0.05) is 88.0 Å². The first-order valence-corrected chi connectivity index (χ1v) is 19.4. The Morgan fingerprint density at radius 1 is 0.636 bits per heavy atom. The van der Waals surface area contributed by atoms with Gasteiger partial charge >= 0.3 is 5.97 Å². The van der Waals surface area contributed by atoms with Gasteiger partial charge in [-0.25, -0.2) is 9.78 Å². The molecule has 1 heterocycles. The molecule has 0 saturated heterocycles. The van der Waals surface area contributed by atoms with Crippen LogP contribution in [0.5, 0.6) is 0 Å². The van der Waals surface area contributed by atoms with Crippen LogP contribution < -0.4 is 31.9 Å². The number of nitrogens with zero attached hydrogens (tertiary/aromatic N) is 1. The third kappa shape index (κ3) is 17.6. The van der Waals surface area contributed by atoms with Gasteiger partial charge in [-0.15, -0.1) is 0 Å². The Kier molecular flexibility index (Phi) is 21.8. The lowest BCUT2D eigenvalue weighted by Gasteiger charge is -2.29. The zero-order chi connectivity index (χ0) is 41.8. The second-order valence-electron chi connectivity index (χ2n) is 15.5. The van der Waals surface area contributed by atoms with Gasteiger partial charge in [-0.3, -0.25) is 28.8 Å². The molecule has 0 aliphatic carbocycles. The summed E-state index contributed by atoms with van der Waals surface area (Å²) in [6.45, 7) is 15.1. The van der Waals surface area contributed by atoms with E-state index in [2.05, 4.69) is 48.8 Å². The highest BCUT2D eigenvalue weighted by Crippen LogP contribution is 2.12. The van der Waals surface area contributed by atoms with Gasteiger partial charge in [0.2, 0.25) is 35.4 Å². The molecular formula is C38H66N8O9. The minimum atomic E-state index is -1.30. The first kappa shape index (κ1) is 48.5. The summed E-state index contributed by atoms with van der Waals surface area (Å²) in [7, 11) is 0. The van der Waals surface area contributed by atoms with Gasteiger partial charge in [0.25, 0.3) is 0 Å². The second kappa shape index (κ2) is 24.8. The Morgan fingerprint density at radius 3 is 1.58 bits per heavy atom. The first-order valence-electron chi connectivity index (χ1n) is 19.4. The van der Waals surface area contributed by atoms with Crippen molar-refractivity contribution in [2.45, 2.75) is 150 Å². The normalized spacial score (nSPS) is 14.7. The minimum Gasteiger partial charge on any atom is -0.480 e. The summed E-state index contributed by atoms with van der Waals surface area (Å²) in [4.78, 5) is 98.9. The number of aromatic nitrogens is 2. The van der Waals surface area contributed by atoms with Crippen LogP contribution in [0, 0.1) is 23.7 Å². The van der Waals surface area contributed by atoms with Crippen molar-refractivity contribution in [1.82, 2.24) is 41.9 Å². The lowest BCUT2D eigenvalue weighted by Crippen LogP contribution is -2.61. The first-order chi connectivity index (χ1) is 25.8. The molecule has 0 radical (unpaired) electrons. The Morgan fingerprint density at radius 2 is 1.13 bits per heavy atom. The van der Waals surface area contributed by atoms with E-state index in [1.807, 2.05) is 13.8 Å². The van der Waals surface area contributed by atoms with Crippen LogP contribution in [0.25, 0.3) is 0 Å². The molecule has 1 rings (SSSR count). The monoisotopic (exact) mass is 778 g/mol. The fraction of sp³-hybridized carbons (Fsp3) is 0.737. The predicted octanol–water partition coefficient (Wildman–Crippen LogP) is 1.31. The summed E-state index contributed by atoms with van der Waals surface area (Å²) in [6.07, 6.45) is 7.81. The highest BCUT2D eigenvalue weighted by molar-refractivity contribution is 5.97. The zero-order valence-electron chi connectivity index (χ0n) is 34.0. The summed E-state index contributed by atoms with van der Waals surface area (Å²) in [5, 5.41) is 35.2. The quantitative estimate of drug-likeness (QED) is 0.0609. The molecule has 9 N–H and O–H groups in total.